The Morgan fingerprint density at radius 1 is 1.38 bits per heavy atom. The number of nitrogens with two attached hydrogens (primary N) is 1. The van der Waals surface area contributed by atoms with Gasteiger partial charge in [0.1, 0.15) is 10.6 Å². The SMILES string of the molecule is NS(=O)(=O)c1nnc2ccnsc1-2. The van der Waals surface area contributed by atoms with E-state index in [0.29, 0.717) is 10.6 Å². The molecule has 8 heteroatoms. The number of primary sulfonamides is 1. The van der Waals surface area contributed by atoms with Crippen LogP contribution in [0.15, 0.2) is 17.3 Å². The van der Waals surface area contributed by atoms with Crippen molar-refractivity contribution >= 4 is 21.6 Å². The molecule has 0 aromatic carbocycles. The van der Waals surface area contributed by atoms with Crippen molar-refractivity contribution < 1.29 is 8.42 Å². The predicted octanol–water partition coefficient (Wildman–Crippen LogP) is -0.315. The van der Waals surface area contributed by atoms with E-state index in [2.05, 4.69) is 14.6 Å². The summed E-state index contributed by atoms with van der Waals surface area (Å²) < 4.78 is 25.7. The van der Waals surface area contributed by atoms with Gasteiger partial charge in [0.05, 0.1) is 0 Å². The summed E-state index contributed by atoms with van der Waals surface area (Å²) in [5.74, 6) is 0. The monoisotopic (exact) mass is 216 g/mol. The van der Waals surface area contributed by atoms with Gasteiger partial charge in [-0.05, 0) is 17.6 Å². The molecule has 0 unspecified atom stereocenters. The molecule has 0 bridgehead atoms. The van der Waals surface area contributed by atoms with E-state index >= 15 is 0 Å². The van der Waals surface area contributed by atoms with E-state index in [1.165, 1.54) is 6.20 Å². The zero-order chi connectivity index (χ0) is 9.47. The Bertz CT molecular complexity index is 505. The molecule has 13 heavy (non-hydrogen) atoms. The summed E-state index contributed by atoms with van der Waals surface area (Å²) >= 11 is 1.00. The Kier molecular flexibility index (Phi) is 1.75. The first kappa shape index (κ1) is 8.48. The molecule has 0 atom stereocenters. The number of rotatable bonds is 1. The lowest BCUT2D eigenvalue weighted by Gasteiger charge is -1.93. The lowest BCUT2D eigenvalue weighted by molar-refractivity contribution is 0.594. The zero-order valence-electron chi connectivity index (χ0n) is 6.21. The maximum atomic E-state index is 11.0. The van der Waals surface area contributed by atoms with Gasteiger partial charge in [0.25, 0.3) is 10.0 Å². The van der Waals surface area contributed by atoms with Gasteiger partial charge in [0.15, 0.2) is 0 Å². The Balaban J connectivity index is 2.76. The van der Waals surface area contributed by atoms with Crippen molar-refractivity contribution in [2.45, 2.75) is 5.03 Å². The van der Waals surface area contributed by atoms with Crippen molar-refractivity contribution in [1.82, 2.24) is 14.6 Å². The number of fused-ring (bicyclic) bond motifs is 1. The Labute approximate surface area is 78.0 Å². The minimum atomic E-state index is -3.79. The van der Waals surface area contributed by atoms with Crippen molar-refractivity contribution in [3.8, 4) is 10.6 Å². The topological polar surface area (TPSA) is 98.8 Å². The second-order valence-corrected chi connectivity index (χ2v) is 4.56. The highest BCUT2D eigenvalue weighted by molar-refractivity contribution is 7.89. The van der Waals surface area contributed by atoms with Gasteiger partial charge in [0, 0.05) is 6.20 Å². The molecule has 68 valence electrons. The first-order valence-electron chi connectivity index (χ1n) is 3.19. The summed E-state index contributed by atoms with van der Waals surface area (Å²) in [4.78, 5) is 0.394. The average molecular weight is 216 g/mol. The van der Waals surface area contributed by atoms with Crippen molar-refractivity contribution in [2.24, 2.45) is 5.14 Å². The first-order valence-corrected chi connectivity index (χ1v) is 5.51. The molecular formula is C5H4N4O2S2. The molecule has 0 spiro atoms. The van der Waals surface area contributed by atoms with E-state index in [-0.39, 0.29) is 5.03 Å². The van der Waals surface area contributed by atoms with Crippen LogP contribution in [0.4, 0.5) is 0 Å². The van der Waals surface area contributed by atoms with Gasteiger partial charge in [0.2, 0.25) is 5.03 Å². The molecule has 0 fully saturated rings. The van der Waals surface area contributed by atoms with Crippen molar-refractivity contribution in [3.63, 3.8) is 0 Å². The summed E-state index contributed by atoms with van der Waals surface area (Å²) in [6.45, 7) is 0. The second-order valence-electron chi connectivity index (χ2n) is 2.28. The second kappa shape index (κ2) is 2.69. The summed E-state index contributed by atoms with van der Waals surface area (Å²) in [6.07, 6.45) is 1.52. The average Bonchev–Trinajstić information content (AvgIpc) is 2.45. The van der Waals surface area contributed by atoms with E-state index in [4.69, 9.17) is 5.14 Å². The van der Waals surface area contributed by atoms with E-state index in [9.17, 15) is 8.42 Å². The summed E-state index contributed by atoms with van der Waals surface area (Å²) in [7, 11) is -3.79. The molecule has 2 aliphatic rings. The van der Waals surface area contributed by atoms with Gasteiger partial charge in [-0.3, -0.25) is 0 Å². The minimum Gasteiger partial charge on any atom is -0.223 e. The highest BCUT2D eigenvalue weighted by Gasteiger charge is 2.22. The van der Waals surface area contributed by atoms with Gasteiger partial charge >= 0.3 is 0 Å². The van der Waals surface area contributed by atoms with Gasteiger partial charge in [-0.15, -0.1) is 10.2 Å². The zero-order valence-corrected chi connectivity index (χ0v) is 7.84. The predicted molar refractivity (Wildman–Crippen MR) is 45.7 cm³/mol. The van der Waals surface area contributed by atoms with Crippen LogP contribution in [0.1, 0.15) is 0 Å². The lowest BCUT2D eigenvalue weighted by Crippen LogP contribution is -2.13. The van der Waals surface area contributed by atoms with Crippen LogP contribution in [0.5, 0.6) is 0 Å². The van der Waals surface area contributed by atoms with Crippen molar-refractivity contribution in [3.05, 3.63) is 12.3 Å². The molecule has 0 aromatic rings. The maximum absolute atomic E-state index is 11.0. The fourth-order valence-corrected chi connectivity index (χ4v) is 2.39. The normalized spacial score (nSPS) is 12.1. The largest absolute Gasteiger partial charge is 0.258 e. The molecule has 6 nitrogen and oxygen atoms in total. The number of nitrogens with zero attached hydrogens (tertiary/aromatic N) is 3. The Morgan fingerprint density at radius 2 is 2.15 bits per heavy atom. The number of hydrogen-bond acceptors (Lipinski definition) is 6. The third-order valence-electron chi connectivity index (χ3n) is 1.38. The van der Waals surface area contributed by atoms with Gasteiger partial charge in [-0.25, -0.2) is 17.9 Å². The molecule has 0 aliphatic carbocycles. The molecule has 2 rings (SSSR count). The van der Waals surface area contributed by atoms with Crippen LogP contribution >= 0.6 is 11.5 Å². The molecule has 2 aliphatic heterocycles. The Morgan fingerprint density at radius 3 is 2.85 bits per heavy atom. The third-order valence-corrected chi connectivity index (χ3v) is 3.15. The minimum absolute atomic E-state index is 0.208. The fraction of sp³-hybridized carbons (Fsp3) is 0. The van der Waals surface area contributed by atoms with Crippen LogP contribution in [-0.4, -0.2) is 23.0 Å². The van der Waals surface area contributed by atoms with Crippen molar-refractivity contribution in [1.29, 1.82) is 0 Å². The van der Waals surface area contributed by atoms with Crippen LogP contribution in [-0.2, 0) is 10.0 Å². The fourth-order valence-electron chi connectivity index (χ4n) is 0.865. The highest BCUT2D eigenvalue weighted by Crippen LogP contribution is 2.27. The van der Waals surface area contributed by atoms with E-state index < -0.39 is 10.0 Å². The lowest BCUT2D eigenvalue weighted by atomic mass is 10.4. The van der Waals surface area contributed by atoms with Gasteiger partial charge < -0.3 is 0 Å². The quantitative estimate of drug-likeness (QED) is 0.704. The highest BCUT2D eigenvalue weighted by atomic mass is 32.2. The molecule has 0 radical (unpaired) electrons. The molecule has 0 saturated carbocycles. The molecular weight excluding hydrogens is 212 g/mol. The maximum Gasteiger partial charge on any atom is 0.258 e. The molecule has 0 aromatic heterocycles. The molecule has 2 N–H and O–H groups in total. The van der Waals surface area contributed by atoms with Crippen molar-refractivity contribution in [2.75, 3.05) is 0 Å². The van der Waals surface area contributed by atoms with Crippen LogP contribution in [0.2, 0.25) is 0 Å². The van der Waals surface area contributed by atoms with E-state index in [1.54, 1.807) is 6.07 Å². The van der Waals surface area contributed by atoms with Gasteiger partial charge in [-0.1, -0.05) is 0 Å². The van der Waals surface area contributed by atoms with E-state index in [0.717, 1.165) is 11.5 Å². The number of hydrogen-bond donors (Lipinski definition) is 1. The van der Waals surface area contributed by atoms with Crippen LogP contribution in [0.25, 0.3) is 10.6 Å². The van der Waals surface area contributed by atoms with E-state index in [1.807, 2.05) is 0 Å². The smallest absolute Gasteiger partial charge is 0.223 e. The van der Waals surface area contributed by atoms with Crippen LogP contribution in [0, 0.1) is 0 Å². The van der Waals surface area contributed by atoms with Gasteiger partial charge in [-0.2, -0.15) is 0 Å². The van der Waals surface area contributed by atoms with Crippen LogP contribution < -0.4 is 5.14 Å². The number of sulfonamides is 1. The van der Waals surface area contributed by atoms with Crippen LogP contribution in [0.3, 0.4) is 0 Å². The standard InChI is InChI=1S/C5H4N4O2S2/c6-13(10,11)5-4-3(8-9-5)1-2-7-12-4/h1-2H,(H2,6,10,11). The first-order chi connectivity index (χ1) is 6.09. The number of aromatic nitrogens is 3. The molecule has 2 heterocycles. The molecule has 0 amide bonds. The molecule has 0 saturated heterocycles. The summed E-state index contributed by atoms with van der Waals surface area (Å²) in [5, 5.41) is 11.8. The third kappa shape index (κ3) is 1.39. The summed E-state index contributed by atoms with van der Waals surface area (Å²) in [6, 6.07) is 1.58. The summed E-state index contributed by atoms with van der Waals surface area (Å²) in [5.41, 5.74) is 0.490. The Hall–Kier alpha value is -1.12.